The number of nitrogens with two attached hydrogens (primary N) is 3. The Kier molecular flexibility index (Phi) is 5.93. The molecule has 2 amide bonds. The van der Waals surface area contributed by atoms with Gasteiger partial charge < -0.3 is 36.1 Å². The van der Waals surface area contributed by atoms with Crippen LogP contribution in [0.25, 0.3) is 10.9 Å². The molecule has 1 saturated heterocycles. The Morgan fingerprint density at radius 3 is 2.66 bits per heavy atom. The maximum absolute atomic E-state index is 13.8. The third-order valence-electron chi connectivity index (χ3n) is 9.96. The van der Waals surface area contributed by atoms with E-state index in [1.165, 1.54) is 23.7 Å². The highest BCUT2D eigenvalue weighted by Gasteiger charge is 2.61. The van der Waals surface area contributed by atoms with Gasteiger partial charge in [-0.2, -0.15) is 0 Å². The number of fused-ring (bicyclic) bond motifs is 1. The van der Waals surface area contributed by atoms with Crippen LogP contribution in [0.2, 0.25) is 0 Å². The minimum absolute atomic E-state index is 0.142. The lowest BCUT2D eigenvalue weighted by molar-refractivity contribution is 0.0364. The fourth-order valence-corrected chi connectivity index (χ4v) is 7.57. The van der Waals surface area contributed by atoms with Crippen LogP contribution in [-0.2, 0) is 16.8 Å². The van der Waals surface area contributed by atoms with Gasteiger partial charge in [0, 0.05) is 52.8 Å². The summed E-state index contributed by atoms with van der Waals surface area (Å²) in [6.07, 6.45) is 2.66. The summed E-state index contributed by atoms with van der Waals surface area (Å²) in [5.74, 6) is 0.969. The largest absolute Gasteiger partial charge is 0.493 e. The van der Waals surface area contributed by atoms with Crippen LogP contribution in [0.15, 0.2) is 42.5 Å². The van der Waals surface area contributed by atoms with E-state index in [-0.39, 0.29) is 11.8 Å². The Labute approximate surface area is 239 Å². The SMILES string of the molecule is CC1(C)COc2cc(C(=O)N3CCC[C@@H](OC(N)=O)C3)cc3c2C1(N)C(c1cc2ccccc2n1CC1CC1)C3N. The van der Waals surface area contributed by atoms with Crippen LogP contribution >= 0.6 is 0 Å². The Morgan fingerprint density at radius 1 is 1.12 bits per heavy atom. The van der Waals surface area contributed by atoms with Gasteiger partial charge in [0.05, 0.1) is 18.7 Å². The van der Waals surface area contributed by atoms with Crippen molar-refractivity contribution < 1.29 is 19.1 Å². The molecule has 2 aliphatic heterocycles. The third kappa shape index (κ3) is 4.04. The number of carbonyl (C=O) groups is 2. The standard InChI is InChI=1S/C32H39N5O4/c1-31(2)17-40-25-14-20(29(38)36-11-5-7-21(16-36)41-30(34)39)12-22-26(25)32(31,35)27(28(22)33)24-13-19-6-3-4-8-23(19)37(24)15-18-9-10-18/h3-4,6,8,12-14,18,21,27-28H,5,7,9-11,15-17,33,35H2,1-2H3,(H2,34,39)/t21-,27?,28?,32?/m1/s1. The van der Waals surface area contributed by atoms with Crippen LogP contribution in [0.5, 0.6) is 5.75 Å². The highest BCUT2D eigenvalue weighted by molar-refractivity contribution is 5.95. The Bertz CT molecular complexity index is 1560. The molecule has 2 aromatic carbocycles. The average Bonchev–Trinajstić information content (AvgIpc) is 3.65. The normalized spacial score (nSPS) is 28.3. The van der Waals surface area contributed by atoms with Gasteiger partial charge in [-0.25, -0.2) is 4.79 Å². The summed E-state index contributed by atoms with van der Waals surface area (Å²) in [7, 11) is 0. The van der Waals surface area contributed by atoms with E-state index in [0.29, 0.717) is 43.3 Å². The van der Waals surface area contributed by atoms with Crippen LogP contribution in [0.3, 0.4) is 0 Å². The van der Waals surface area contributed by atoms with Crippen LogP contribution in [0.1, 0.15) is 78.7 Å². The quantitative estimate of drug-likeness (QED) is 0.431. The third-order valence-corrected chi connectivity index (χ3v) is 9.96. The zero-order valence-electron chi connectivity index (χ0n) is 23.8. The van der Waals surface area contributed by atoms with Gasteiger partial charge in [0.25, 0.3) is 5.91 Å². The number of piperidine rings is 1. The predicted octanol–water partition coefficient (Wildman–Crippen LogP) is 4.12. The van der Waals surface area contributed by atoms with Gasteiger partial charge in [-0.1, -0.05) is 32.0 Å². The van der Waals surface area contributed by atoms with Gasteiger partial charge in [-0.05, 0) is 66.8 Å². The topological polar surface area (TPSA) is 139 Å². The number of aromatic nitrogens is 1. The molecule has 0 radical (unpaired) electrons. The Morgan fingerprint density at radius 2 is 1.90 bits per heavy atom. The molecule has 1 aromatic heterocycles. The molecule has 9 heteroatoms. The van der Waals surface area contributed by atoms with Gasteiger partial charge >= 0.3 is 6.09 Å². The van der Waals surface area contributed by atoms with E-state index in [0.717, 1.165) is 29.8 Å². The summed E-state index contributed by atoms with van der Waals surface area (Å²) < 4.78 is 14.0. The van der Waals surface area contributed by atoms with E-state index < -0.39 is 29.2 Å². The first-order valence-electron chi connectivity index (χ1n) is 14.8. The van der Waals surface area contributed by atoms with Gasteiger partial charge in [0.15, 0.2) is 0 Å². The molecular formula is C32H39N5O4. The zero-order valence-corrected chi connectivity index (χ0v) is 23.8. The molecule has 3 unspecified atom stereocenters. The Hall–Kier alpha value is -3.56. The lowest BCUT2D eigenvalue weighted by Crippen LogP contribution is -2.57. The number of hydrogen-bond acceptors (Lipinski definition) is 6. The minimum Gasteiger partial charge on any atom is -0.493 e. The summed E-state index contributed by atoms with van der Waals surface area (Å²) in [5.41, 5.74) is 23.5. The van der Waals surface area contributed by atoms with E-state index in [9.17, 15) is 9.59 Å². The van der Waals surface area contributed by atoms with E-state index in [2.05, 4.69) is 48.7 Å². The molecule has 4 aliphatic rings. The molecule has 4 atom stereocenters. The average molecular weight is 558 g/mol. The maximum Gasteiger partial charge on any atom is 0.404 e. The van der Waals surface area contributed by atoms with E-state index in [1.54, 1.807) is 4.90 Å². The van der Waals surface area contributed by atoms with Crippen molar-refractivity contribution in [2.24, 2.45) is 28.5 Å². The van der Waals surface area contributed by atoms with Crippen molar-refractivity contribution in [1.29, 1.82) is 0 Å². The van der Waals surface area contributed by atoms with Crippen molar-refractivity contribution in [1.82, 2.24) is 9.47 Å². The second-order valence-corrected chi connectivity index (χ2v) is 13.1. The molecule has 216 valence electrons. The van der Waals surface area contributed by atoms with Crippen molar-refractivity contribution in [3.8, 4) is 5.75 Å². The number of hydrogen-bond donors (Lipinski definition) is 3. The first-order valence-corrected chi connectivity index (χ1v) is 14.8. The number of ether oxygens (including phenoxy) is 2. The summed E-state index contributed by atoms with van der Waals surface area (Å²) >= 11 is 0. The number of benzene rings is 2. The molecule has 7 rings (SSSR count). The van der Waals surface area contributed by atoms with Crippen LogP contribution in [0.4, 0.5) is 4.79 Å². The van der Waals surface area contributed by atoms with Crippen molar-refractivity contribution in [2.75, 3.05) is 19.7 Å². The summed E-state index contributed by atoms with van der Waals surface area (Å²) in [5, 5.41) is 1.19. The summed E-state index contributed by atoms with van der Waals surface area (Å²) in [4.78, 5) is 26.8. The fraction of sp³-hybridized carbons (Fsp3) is 0.500. The van der Waals surface area contributed by atoms with Crippen molar-refractivity contribution >= 4 is 22.9 Å². The molecule has 9 nitrogen and oxygen atoms in total. The minimum atomic E-state index is -0.822. The number of amides is 2. The van der Waals surface area contributed by atoms with Crippen LogP contribution in [-0.4, -0.2) is 47.3 Å². The molecule has 0 bridgehead atoms. The van der Waals surface area contributed by atoms with Crippen LogP contribution in [0, 0.1) is 11.3 Å². The smallest absolute Gasteiger partial charge is 0.404 e. The first kappa shape index (κ1) is 26.3. The van der Waals surface area contributed by atoms with Gasteiger partial charge in [-0.3, -0.25) is 4.79 Å². The van der Waals surface area contributed by atoms with Crippen molar-refractivity contribution in [3.63, 3.8) is 0 Å². The molecule has 41 heavy (non-hydrogen) atoms. The number of carbonyl (C=O) groups excluding carboxylic acids is 2. The number of likely N-dealkylation sites (tertiary alicyclic amines) is 1. The summed E-state index contributed by atoms with van der Waals surface area (Å²) in [6, 6.07) is 14.1. The molecule has 2 aliphatic carbocycles. The van der Waals surface area contributed by atoms with E-state index >= 15 is 0 Å². The molecule has 6 N–H and O–H groups in total. The number of para-hydroxylation sites is 1. The second kappa shape index (κ2) is 9.22. The monoisotopic (exact) mass is 557 g/mol. The summed E-state index contributed by atoms with van der Waals surface area (Å²) in [6.45, 7) is 6.56. The van der Waals surface area contributed by atoms with Crippen molar-refractivity contribution in [3.05, 3.63) is 64.8 Å². The predicted molar refractivity (Wildman–Crippen MR) is 156 cm³/mol. The molecule has 2 fully saturated rings. The van der Waals surface area contributed by atoms with Gasteiger partial charge in [0.2, 0.25) is 0 Å². The van der Waals surface area contributed by atoms with Crippen molar-refractivity contribution in [2.45, 2.75) is 69.7 Å². The molecule has 1 saturated carbocycles. The molecular weight excluding hydrogens is 518 g/mol. The van der Waals surface area contributed by atoms with Gasteiger partial charge in [0.1, 0.15) is 11.9 Å². The lowest BCUT2D eigenvalue weighted by atomic mass is 9.63. The maximum atomic E-state index is 13.8. The highest BCUT2D eigenvalue weighted by Crippen LogP contribution is 2.63. The number of nitrogens with zero attached hydrogens (tertiary/aromatic N) is 2. The van der Waals surface area contributed by atoms with Crippen LogP contribution < -0.4 is 21.9 Å². The molecule has 3 heterocycles. The van der Waals surface area contributed by atoms with E-state index in [4.69, 9.17) is 26.7 Å². The zero-order chi connectivity index (χ0) is 28.7. The van der Waals surface area contributed by atoms with Gasteiger partial charge in [-0.15, -0.1) is 0 Å². The highest BCUT2D eigenvalue weighted by atomic mass is 16.6. The number of rotatable bonds is 5. The first-order chi connectivity index (χ1) is 19.6. The second-order valence-electron chi connectivity index (χ2n) is 13.1. The lowest BCUT2D eigenvalue weighted by Gasteiger charge is -2.49. The fourth-order valence-electron chi connectivity index (χ4n) is 7.57. The molecule has 0 spiro atoms. The number of primary amides is 1. The molecule has 3 aromatic rings. The van der Waals surface area contributed by atoms with E-state index in [1.807, 2.05) is 12.1 Å². The Balaban J connectivity index is 1.32.